The molecule has 0 bridgehead atoms. The third-order valence-corrected chi connectivity index (χ3v) is 7.32. The highest BCUT2D eigenvalue weighted by Gasteiger charge is 2.26. The monoisotopic (exact) mass is 487 g/mol. The third kappa shape index (κ3) is 5.35. The van der Waals surface area contributed by atoms with Crippen LogP contribution >= 0.6 is 11.6 Å². The summed E-state index contributed by atoms with van der Waals surface area (Å²) in [5.74, 6) is -0.128. The second-order valence-electron chi connectivity index (χ2n) is 9.38. The van der Waals surface area contributed by atoms with Crippen molar-refractivity contribution in [3.8, 4) is 0 Å². The van der Waals surface area contributed by atoms with E-state index in [0.29, 0.717) is 16.1 Å². The maximum Gasteiger partial charge on any atom is 0.253 e. The first-order valence-electron chi connectivity index (χ1n) is 12.4. The van der Waals surface area contributed by atoms with Gasteiger partial charge in [0.15, 0.2) is 0 Å². The smallest absolute Gasteiger partial charge is 0.253 e. The molecule has 1 aliphatic heterocycles. The van der Waals surface area contributed by atoms with Crippen LogP contribution in [0.15, 0.2) is 72.8 Å². The molecule has 0 aromatic heterocycles. The Kier molecular flexibility index (Phi) is 7.05. The predicted octanol–water partition coefficient (Wildman–Crippen LogP) is 5.55. The first-order valence-corrected chi connectivity index (χ1v) is 12.8. The molecule has 6 heteroatoms. The van der Waals surface area contributed by atoms with Gasteiger partial charge < -0.3 is 15.5 Å². The molecule has 1 atom stereocenters. The highest BCUT2D eigenvalue weighted by atomic mass is 35.5. The Balaban J connectivity index is 1.23. The number of piperidine rings is 1. The van der Waals surface area contributed by atoms with Crippen molar-refractivity contribution in [3.63, 3.8) is 0 Å². The fourth-order valence-electron chi connectivity index (χ4n) is 5.24. The van der Waals surface area contributed by atoms with Crippen molar-refractivity contribution in [1.82, 2.24) is 10.6 Å². The summed E-state index contributed by atoms with van der Waals surface area (Å²) >= 11 is 6.03. The van der Waals surface area contributed by atoms with Crippen LogP contribution in [0.5, 0.6) is 0 Å². The van der Waals surface area contributed by atoms with Crippen molar-refractivity contribution in [2.24, 2.45) is 0 Å². The van der Waals surface area contributed by atoms with E-state index in [-0.39, 0.29) is 23.9 Å². The average molecular weight is 488 g/mol. The number of nitrogens with zero attached hydrogens (tertiary/aromatic N) is 1. The largest absolute Gasteiger partial charge is 0.371 e. The number of carbonyl (C=O) groups is 2. The van der Waals surface area contributed by atoms with Crippen molar-refractivity contribution in [2.75, 3.05) is 18.0 Å². The third-order valence-electron chi connectivity index (χ3n) is 7.08. The van der Waals surface area contributed by atoms with Gasteiger partial charge in [0.2, 0.25) is 0 Å². The Morgan fingerprint density at radius 1 is 0.829 bits per heavy atom. The van der Waals surface area contributed by atoms with Gasteiger partial charge in [-0.2, -0.15) is 0 Å². The van der Waals surface area contributed by atoms with Crippen LogP contribution in [0.1, 0.15) is 63.6 Å². The van der Waals surface area contributed by atoms with Gasteiger partial charge in [0.05, 0.1) is 11.6 Å². The molecule has 5 nitrogen and oxygen atoms in total. The minimum Gasteiger partial charge on any atom is -0.371 e. The molecular weight excluding hydrogens is 458 g/mol. The van der Waals surface area contributed by atoms with Gasteiger partial charge in [-0.25, -0.2) is 0 Å². The number of para-hydroxylation sites is 1. The van der Waals surface area contributed by atoms with Crippen LogP contribution in [0.3, 0.4) is 0 Å². The van der Waals surface area contributed by atoms with Crippen molar-refractivity contribution in [1.29, 1.82) is 0 Å². The Morgan fingerprint density at radius 3 is 2.43 bits per heavy atom. The number of carbonyl (C=O) groups excluding carboxylic acids is 2. The number of anilines is 1. The maximum atomic E-state index is 13.4. The quantitative estimate of drug-likeness (QED) is 0.496. The van der Waals surface area contributed by atoms with Crippen LogP contribution in [0.25, 0.3) is 0 Å². The van der Waals surface area contributed by atoms with Gasteiger partial charge in [-0.05, 0) is 73.6 Å². The average Bonchev–Trinajstić information content (AvgIpc) is 2.89. The molecule has 0 radical (unpaired) electrons. The van der Waals surface area contributed by atoms with E-state index in [0.717, 1.165) is 50.9 Å². The maximum absolute atomic E-state index is 13.4. The molecule has 2 amide bonds. The summed E-state index contributed by atoms with van der Waals surface area (Å²) in [4.78, 5) is 28.2. The van der Waals surface area contributed by atoms with Crippen LogP contribution in [0, 0.1) is 0 Å². The van der Waals surface area contributed by atoms with Gasteiger partial charge in [0, 0.05) is 35.4 Å². The van der Waals surface area contributed by atoms with E-state index in [2.05, 4.69) is 33.7 Å². The number of hydrogen-bond acceptors (Lipinski definition) is 3. The number of amides is 2. The lowest BCUT2D eigenvalue weighted by Crippen LogP contribution is -2.45. The Hall–Kier alpha value is -3.31. The van der Waals surface area contributed by atoms with E-state index in [1.54, 1.807) is 24.3 Å². The molecule has 5 rings (SSSR count). The summed E-state index contributed by atoms with van der Waals surface area (Å²) in [5.41, 5.74) is 4.80. The van der Waals surface area contributed by atoms with Gasteiger partial charge in [-0.15, -0.1) is 0 Å². The lowest BCUT2D eigenvalue weighted by atomic mass is 9.87. The topological polar surface area (TPSA) is 61.4 Å². The molecule has 2 N–H and O–H groups in total. The van der Waals surface area contributed by atoms with Crippen LogP contribution in [-0.2, 0) is 6.42 Å². The number of nitrogens with one attached hydrogen (secondary N) is 2. The zero-order chi connectivity index (χ0) is 24.2. The molecule has 3 aromatic rings. The fraction of sp³-hybridized carbons (Fsp3) is 0.310. The lowest BCUT2D eigenvalue weighted by Gasteiger charge is -2.35. The van der Waals surface area contributed by atoms with E-state index in [1.165, 1.54) is 11.1 Å². The van der Waals surface area contributed by atoms with E-state index < -0.39 is 0 Å². The van der Waals surface area contributed by atoms with Gasteiger partial charge in [0.1, 0.15) is 0 Å². The number of rotatable bonds is 5. The lowest BCUT2D eigenvalue weighted by molar-refractivity contribution is 0.0926. The van der Waals surface area contributed by atoms with E-state index >= 15 is 0 Å². The van der Waals surface area contributed by atoms with Crippen molar-refractivity contribution in [2.45, 2.75) is 44.2 Å². The summed E-state index contributed by atoms with van der Waals surface area (Å²) in [6, 6.07) is 23.4. The minimum absolute atomic E-state index is 0.0290. The fourth-order valence-corrected chi connectivity index (χ4v) is 5.43. The zero-order valence-corrected chi connectivity index (χ0v) is 20.4. The molecule has 3 aromatic carbocycles. The van der Waals surface area contributed by atoms with Crippen molar-refractivity contribution < 1.29 is 9.59 Å². The number of hydrogen-bond donors (Lipinski definition) is 2. The van der Waals surface area contributed by atoms with Crippen LogP contribution < -0.4 is 15.5 Å². The van der Waals surface area contributed by atoms with E-state index in [1.807, 2.05) is 30.3 Å². The van der Waals surface area contributed by atoms with E-state index in [9.17, 15) is 9.59 Å². The number of benzene rings is 3. The predicted molar refractivity (Wildman–Crippen MR) is 140 cm³/mol. The van der Waals surface area contributed by atoms with Gasteiger partial charge in [0.25, 0.3) is 11.8 Å². The molecule has 2 aliphatic rings. The molecule has 0 spiro atoms. The SMILES string of the molecule is O=C(NC1CCN(c2ccccc2C(=O)N[C@@H]2CCCc3ccccc32)CC1)c1cccc(Cl)c1. The molecule has 0 saturated carbocycles. The van der Waals surface area contributed by atoms with Crippen LogP contribution in [0.4, 0.5) is 5.69 Å². The molecule has 1 saturated heterocycles. The second kappa shape index (κ2) is 10.5. The highest BCUT2D eigenvalue weighted by molar-refractivity contribution is 6.30. The summed E-state index contributed by atoms with van der Waals surface area (Å²) in [5, 5.41) is 6.98. The van der Waals surface area contributed by atoms with Crippen molar-refractivity contribution in [3.05, 3.63) is 100 Å². The molecule has 1 fully saturated rings. The number of halogens is 1. The Bertz CT molecular complexity index is 1220. The summed E-state index contributed by atoms with van der Waals surface area (Å²) in [6.45, 7) is 1.55. The summed E-state index contributed by atoms with van der Waals surface area (Å²) in [6.07, 6.45) is 4.75. The number of fused-ring (bicyclic) bond motifs is 1. The number of aryl methyl sites for hydroxylation is 1. The molecule has 35 heavy (non-hydrogen) atoms. The summed E-state index contributed by atoms with van der Waals surface area (Å²) in [7, 11) is 0. The molecule has 180 valence electrons. The normalized spacial score (nSPS) is 18.0. The van der Waals surface area contributed by atoms with Gasteiger partial charge in [-0.1, -0.05) is 54.1 Å². The Morgan fingerprint density at radius 2 is 1.60 bits per heavy atom. The standard InChI is InChI=1S/C29H30ClN3O2/c30-22-10-5-9-21(19-22)28(34)31-23-15-17-33(18-16-23)27-14-4-3-12-25(27)29(35)32-26-13-6-8-20-7-1-2-11-24(20)26/h1-5,7,9-12,14,19,23,26H,6,8,13,15-18H2,(H,31,34)(H,32,35)/t26-/m1/s1. The molecule has 0 unspecified atom stereocenters. The highest BCUT2D eigenvalue weighted by Crippen LogP contribution is 2.31. The van der Waals surface area contributed by atoms with E-state index in [4.69, 9.17) is 11.6 Å². The van der Waals surface area contributed by atoms with Gasteiger partial charge >= 0.3 is 0 Å². The molecular formula is C29H30ClN3O2. The zero-order valence-electron chi connectivity index (χ0n) is 19.7. The van der Waals surface area contributed by atoms with Gasteiger partial charge in [-0.3, -0.25) is 9.59 Å². The Labute approximate surface area is 211 Å². The first-order chi connectivity index (χ1) is 17.1. The minimum atomic E-state index is -0.0986. The van der Waals surface area contributed by atoms with Crippen LogP contribution in [0.2, 0.25) is 5.02 Å². The van der Waals surface area contributed by atoms with Crippen molar-refractivity contribution >= 4 is 29.1 Å². The molecule has 1 heterocycles. The summed E-state index contributed by atoms with van der Waals surface area (Å²) < 4.78 is 0. The van der Waals surface area contributed by atoms with Crippen LogP contribution in [-0.4, -0.2) is 30.9 Å². The molecule has 1 aliphatic carbocycles. The second-order valence-corrected chi connectivity index (χ2v) is 9.82. The first kappa shape index (κ1) is 23.4.